The molecule has 0 atom stereocenters. The number of fused-ring (bicyclic) bond motifs is 1. The summed E-state index contributed by atoms with van der Waals surface area (Å²) in [6.45, 7) is 3.86. The first-order valence-corrected chi connectivity index (χ1v) is 7.87. The third-order valence-corrected chi connectivity index (χ3v) is 3.69. The van der Waals surface area contributed by atoms with Gasteiger partial charge in [-0.05, 0) is 55.8 Å². The van der Waals surface area contributed by atoms with Crippen LogP contribution < -0.4 is 10.2 Å². The van der Waals surface area contributed by atoms with Gasteiger partial charge in [-0.3, -0.25) is 9.59 Å². The van der Waals surface area contributed by atoms with E-state index in [1.807, 2.05) is 38.1 Å². The van der Waals surface area contributed by atoms with E-state index >= 15 is 0 Å². The standard InChI is InChI=1S/C19H15ClO4/c1-11(2)23-16-6-4-3-5-13(16)18-10-15(21)14-9-12(19(20)22)7-8-17(14)24-18/h3-11H,1-2H3. The Kier molecular flexibility index (Phi) is 4.40. The van der Waals surface area contributed by atoms with Gasteiger partial charge in [0.05, 0.1) is 17.1 Å². The van der Waals surface area contributed by atoms with Gasteiger partial charge in [-0.2, -0.15) is 0 Å². The van der Waals surface area contributed by atoms with E-state index in [1.165, 1.54) is 18.2 Å². The van der Waals surface area contributed by atoms with E-state index in [2.05, 4.69) is 0 Å². The molecule has 0 amide bonds. The molecule has 0 radical (unpaired) electrons. The van der Waals surface area contributed by atoms with Gasteiger partial charge in [0.1, 0.15) is 17.1 Å². The Morgan fingerprint density at radius 2 is 1.88 bits per heavy atom. The normalized spacial score (nSPS) is 11.0. The topological polar surface area (TPSA) is 56.5 Å². The van der Waals surface area contributed by atoms with Crippen LogP contribution in [0.15, 0.2) is 57.7 Å². The second-order valence-corrected chi connectivity index (χ2v) is 5.97. The lowest BCUT2D eigenvalue weighted by molar-refractivity contribution is 0.108. The molecule has 24 heavy (non-hydrogen) atoms. The second kappa shape index (κ2) is 6.49. The minimum Gasteiger partial charge on any atom is -0.490 e. The molecule has 0 bridgehead atoms. The largest absolute Gasteiger partial charge is 0.490 e. The maximum Gasteiger partial charge on any atom is 0.252 e. The summed E-state index contributed by atoms with van der Waals surface area (Å²) in [4.78, 5) is 23.7. The van der Waals surface area contributed by atoms with E-state index in [0.29, 0.717) is 28.0 Å². The predicted octanol–water partition coefficient (Wildman–Crippen LogP) is 4.63. The highest BCUT2D eigenvalue weighted by Gasteiger charge is 2.13. The molecule has 3 aromatic rings. The van der Waals surface area contributed by atoms with Gasteiger partial charge in [0, 0.05) is 11.6 Å². The van der Waals surface area contributed by atoms with Crippen molar-refractivity contribution < 1.29 is 13.9 Å². The fourth-order valence-electron chi connectivity index (χ4n) is 2.44. The Labute approximate surface area is 143 Å². The van der Waals surface area contributed by atoms with Crippen molar-refractivity contribution in [3.63, 3.8) is 0 Å². The second-order valence-electron chi connectivity index (χ2n) is 5.62. The van der Waals surface area contributed by atoms with Gasteiger partial charge < -0.3 is 9.15 Å². The monoisotopic (exact) mass is 342 g/mol. The first-order chi connectivity index (χ1) is 11.5. The van der Waals surface area contributed by atoms with Crippen molar-refractivity contribution in [3.05, 3.63) is 64.3 Å². The zero-order valence-electron chi connectivity index (χ0n) is 13.2. The van der Waals surface area contributed by atoms with Gasteiger partial charge in [-0.15, -0.1) is 0 Å². The van der Waals surface area contributed by atoms with Gasteiger partial charge in [-0.1, -0.05) is 12.1 Å². The number of halogens is 1. The first-order valence-electron chi connectivity index (χ1n) is 7.49. The molecule has 0 unspecified atom stereocenters. The lowest BCUT2D eigenvalue weighted by Crippen LogP contribution is -2.07. The van der Waals surface area contributed by atoms with E-state index in [-0.39, 0.29) is 17.1 Å². The minimum atomic E-state index is -0.615. The van der Waals surface area contributed by atoms with E-state index in [1.54, 1.807) is 6.07 Å². The molecule has 0 aliphatic heterocycles. The van der Waals surface area contributed by atoms with Crippen molar-refractivity contribution in [2.45, 2.75) is 20.0 Å². The van der Waals surface area contributed by atoms with Crippen LogP contribution in [0.3, 0.4) is 0 Å². The smallest absolute Gasteiger partial charge is 0.252 e. The summed E-state index contributed by atoms with van der Waals surface area (Å²) in [6.07, 6.45) is -0.00406. The molecule has 1 heterocycles. The molecule has 0 saturated carbocycles. The van der Waals surface area contributed by atoms with Gasteiger partial charge >= 0.3 is 0 Å². The number of carbonyl (C=O) groups is 1. The number of benzene rings is 2. The molecular weight excluding hydrogens is 328 g/mol. The van der Waals surface area contributed by atoms with E-state index in [0.717, 1.165) is 0 Å². The van der Waals surface area contributed by atoms with Gasteiger partial charge in [-0.25, -0.2) is 0 Å². The molecule has 0 N–H and O–H groups in total. The van der Waals surface area contributed by atoms with Crippen LogP contribution in [0.1, 0.15) is 24.2 Å². The summed E-state index contributed by atoms with van der Waals surface area (Å²) >= 11 is 5.46. The lowest BCUT2D eigenvalue weighted by Gasteiger charge is -2.13. The molecule has 0 fully saturated rings. The van der Waals surface area contributed by atoms with Crippen LogP contribution in [0.2, 0.25) is 0 Å². The Morgan fingerprint density at radius 3 is 2.58 bits per heavy atom. The van der Waals surface area contributed by atoms with Crippen molar-refractivity contribution in [2.75, 3.05) is 0 Å². The number of hydrogen-bond donors (Lipinski definition) is 0. The molecule has 3 rings (SSSR count). The minimum absolute atomic E-state index is 0.00406. The van der Waals surface area contributed by atoms with Crippen LogP contribution >= 0.6 is 11.6 Å². The first kappa shape index (κ1) is 16.3. The molecule has 2 aromatic carbocycles. The summed E-state index contributed by atoms with van der Waals surface area (Å²) in [5.41, 5.74) is 1.10. The molecule has 0 aliphatic carbocycles. The molecule has 0 spiro atoms. The highest BCUT2D eigenvalue weighted by Crippen LogP contribution is 2.31. The summed E-state index contributed by atoms with van der Waals surface area (Å²) < 4.78 is 11.6. The third kappa shape index (κ3) is 3.19. The Balaban J connectivity index is 2.17. The molecular formula is C19H15ClO4. The summed E-state index contributed by atoms with van der Waals surface area (Å²) in [5, 5.41) is -0.302. The fourth-order valence-corrected chi connectivity index (χ4v) is 2.56. The molecule has 4 nitrogen and oxygen atoms in total. The molecule has 0 aliphatic rings. The number of para-hydroxylation sites is 1. The zero-order chi connectivity index (χ0) is 17.3. The van der Waals surface area contributed by atoms with Crippen LogP contribution in [0.4, 0.5) is 0 Å². The van der Waals surface area contributed by atoms with E-state index in [9.17, 15) is 9.59 Å². The Hall–Kier alpha value is -2.59. The quantitative estimate of drug-likeness (QED) is 0.649. The number of carbonyl (C=O) groups excluding carboxylic acids is 1. The van der Waals surface area contributed by atoms with Crippen LogP contribution in [0, 0.1) is 0 Å². The maximum atomic E-state index is 12.4. The summed E-state index contributed by atoms with van der Waals surface area (Å²) in [7, 11) is 0. The van der Waals surface area contributed by atoms with Crippen molar-refractivity contribution in [1.82, 2.24) is 0 Å². The van der Waals surface area contributed by atoms with Crippen LogP contribution in [0.25, 0.3) is 22.3 Å². The number of hydrogen-bond acceptors (Lipinski definition) is 4. The van der Waals surface area contributed by atoms with Crippen molar-refractivity contribution in [1.29, 1.82) is 0 Å². The van der Waals surface area contributed by atoms with Crippen LogP contribution in [-0.4, -0.2) is 11.3 Å². The average molecular weight is 343 g/mol. The Morgan fingerprint density at radius 1 is 1.12 bits per heavy atom. The highest BCUT2D eigenvalue weighted by atomic mass is 35.5. The Bertz CT molecular complexity index is 973. The van der Waals surface area contributed by atoms with Crippen LogP contribution in [0.5, 0.6) is 5.75 Å². The maximum absolute atomic E-state index is 12.4. The molecule has 1 aromatic heterocycles. The fraction of sp³-hybridized carbons (Fsp3) is 0.158. The molecule has 122 valence electrons. The van der Waals surface area contributed by atoms with Gasteiger partial charge in [0.15, 0.2) is 5.43 Å². The third-order valence-electron chi connectivity index (χ3n) is 3.47. The number of rotatable bonds is 4. The SMILES string of the molecule is CC(C)Oc1ccccc1-c1cc(=O)c2cc(C(=O)Cl)ccc2o1. The predicted molar refractivity (Wildman–Crippen MR) is 93.9 cm³/mol. The average Bonchev–Trinajstić information content (AvgIpc) is 2.54. The van der Waals surface area contributed by atoms with E-state index < -0.39 is 5.24 Å². The van der Waals surface area contributed by atoms with Crippen molar-refractivity contribution >= 4 is 27.8 Å². The van der Waals surface area contributed by atoms with E-state index in [4.69, 9.17) is 20.8 Å². The number of ether oxygens (including phenoxy) is 1. The molecule has 0 saturated heterocycles. The lowest BCUT2D eigenvalue weighted by atomic mass is 10.1. The van der Waals surface area contributed by atoms with Crippen LogP contribution in [-0.2, 0) is 0 Å². The van der Waals surface area contributed by atoms with Gasteiger partial charge in [0.25, 0.3) is 5.24 Å². The molecule has 5 heteroatoms. The zero-order valence-corrected chi connectivity index (χ0v) is 14.0. The van der Waals surface area contributed by atoms with Crippen molar-refractivity contribution in [3.8, 4) is 17.1 Å². The highest BCUT2D eigenvalue weighted by molar-refractivity contribution is 6.67. The summed E-state index contributed by atoms with van der Waals surface area (Å²) in [6, 6.07) is 13.3. The summed E-state index contributed by atoms with van der Waals surface area (Å²) in [5.74, 6) is 1.05. The van der Waals surface area contributed by atoms with Gasteiger partial charge in [0.2, 0.25) is 0 Å². The van der Waals surface area contributed by atoms with Crippen molar-refractivity contribution in [2.24, 2.45) is 0 Å².